The predicted molar refractivity (Wildman–Crippen MR) is 89.0 cm³/mol. The maximum Gasteiger partial charge on any atom is 0.312 e. The number of primary amides is 1. The normalized spacial score (nSPS) is 14.2. The second-order valence-electron chi connectivity index (χ2n) is 5.60. The van der Waals surface area contributed by atoms with Gasteiger partial charge in [0, 0.05) is 12.2 Å². The monoisotopic (exact) mass is 309 g/mol. The van der Waals surface area contributed by atoms with Gasteiger partial charge in [-0.25, -0.2) is 4.79 Å². The molecule has 1 aliphatic heterocycles. The Kier molecular flexibility index (Phi) is 4.28. The molecule has 0 unspecified atom stereocenters. The Morgan fingerprint density at radius 2 is 1.78 bits per heavy atom. The molecule has 5 nitrogen and oxygen atoms in total. The van der Waals surface area contributed by atoms with Crippen molar-refractivity contribution in [1.29, 1.82) is 0 Å². The van der Waals surface area contributed by atoms with E-state index in [1.165, 1.54) is 5.56 Å². The van der Waals surface area contributed by atoms with Crippen LogP contribution < -0.4 is 16.0 Å². The first-order valence-electron chi connectivity index (χ1n) is 7.64. The van der Waals surface area contributed by atoms with Crippen LogP contribution in [0.15, 0.2) is 54.6 Å². The first kappa shape index (κ1) is 15.1. The molecule has 0 aliphatic carbocycles. The highest BCUT2D eigenvalue weighted by Gasteiger charge is 2.27. The van der Waals surface area contributed by atoms with Crippen LogP contribution in [-0.4, -0.2) is 18.5 Å². The third kappa shape index (κ3) is 3.34. The highest BCUT2D eigenvalue weighted by Crippen LogP contribution is 2.29. The Hall–Kier alpha value is -2.82. The summed E-state index contributed by atoms with van der Waals surface area (Å²) in [6, 6.07) is 16.3. The van der Waals surface area contributed by atoms with Gasteiger partial charge in [-0.3, -0.25) is 4.79 Å². The summed E-state index contributed by atoms with van der Waals surface area (Å²) in [6.07, 6.45) is 1.04. The minimum absolute atomic E-state index is 0.0162. The molecule has 1 atom stereocenters. The summed E-state index contributed by atoms with van der Waals surface area (Å²) in [7, 11) is 0. The van der Waals surface area contributed by atoms with Crippen molar-refractivity contribution in [3.8, 4) is 0 Å². The smallest absolute Gasteiger partial charge is 0.312 e. The fourth-order valence-corrected chi connectivity index (χ4v) is 2.99. The third-order valence-corrected chi connectivity index (χ3v) is 4.09. The number of hydrogen-bond donors (Lipinski definition) is 2. The van der Waals surface area contributed by atoms with Crippen molar-refractivity contribution >= 4 is 17.6 Å². The van der Waals surface area contributed by atoms with Gasteiger partial charge in [-0.2, -0.15) is 0 Å². The number of amides is 3. The molecule has 23 heavy (non-hydrogen) atoms. The first-order chi connectivity index (χ1) is 11.1. The minimum atomic E-state index is -0.631. The van der Waals surface area contributed by atoms with Gasteiger partial charge in [0.05, 0.1) is 12.5 Å². The van der Waals surface area contributed by atoms with Crippen LogP contribution in [0.1, 0.15) is 23.6 Å². The number of benzene rings is 2. The van der Waals surface area contributed by atoms with E-state index in [9.17, 15) is 9.59 Å². The van der Waals surface area contributed by atoms with Crippen molar-refractivity contribution in [3.63, 3.8) is 0 Å². The summed E-state index contributed by atoms with van der Waals surface area (Å²) in [5.74, 6) is -0.0162. The van der Waals surface area contributed by atoms with Gasteiger partial charge >= 0.3 is 6.03 Å². The molecule has 2 aromatic carbocycles. The summed E-state index contributed by atoms with van der Waals surface area (Å²) in [6.45, 7) is 0.677. The van der Waals surface area contributed by atoms with E-state index in [4.69, 9.17) is 5.73 Å². The van der Waals surface area contributed by atoms with Crippen molar-refractivity contribution in [3.05, 3.63) is 65.7 Å². The molecule has 0 radical (unpaired) electrons. The standard InChI is InChI=1S/C18H19N3O2/c19-18(23)20-15(13-6-2-1-3-7-13)12-17(22)21-11-10-14-8-4-5-9-16(14)21/h1-9,15H,10-12H2,(H3,19,20,23)/t15-/m0/s1. The molecule has 0 fully saturated rings. The fraction of sp³-hybridized carbons (Fsp3) is 0.222. The molecule has 3 rings (SSSR count). The number of urea groups is 1. The summed E-state index contributed by atoms with van der Waals surface area (Å²) < 4.78 is 0. The zero-order valence-corrected chi connectivity index (χ0v) is 12.7. The van der Waals surface area contributed by atoms with Crippen LogP contribution >= 0.6 is 0 Å². The molecule has 3 amide bonds. The number of hydrogen-bond acceptors (Lipinski definition) is 2. The van der Waals surface area contributed by atoms with Crippen LogP contribution in [-0.2, 0) is 11.2 Å². The number of carbonyl (C=O) groups excluding carboxylic acids is 2. The van der Waals surface area contributed by atoms with Crippen LogP contribution in [0.4, 0.5) is 10.5 Å². The topological polar surface area (TPSA) is 75.4 Å². The SMILES string of the molecule is NC(=O)N[C@@H](CC(=O)N1CCc2ccccc21)c1ccccc1. The molecule has 1 heterocycles. The van der Waals surface area contributed by atoms with E-state index in [0.29, 0.717) is 6.54 Å². The predicted octanol–water partition coefficient (Wildman–Crippen LogP) is 2.38. The van der Waals surface area contributed by atoms with Crippen molar-refractivity contribution in [2.75, 3.05) is 11.4 Å². The first-order valence-corrected chi connectivity index (χ1v) is 7.64. The van der Waals surface area contributed by atoms with E-state index < -0.39 is 12.1 Å². The Bertz CT molecular complexity index is 715. The molecule has 2 aromatic rings. The van der Waals surface area contributed by atoms with Crippen LogP contribution in [0.25, 0.3) is 0 Å². The van der Waals surface area contributed by atoms with Crippen molar-refractivity contribution in [1.82, 2.24) is 5.32 Å². The van der Waals surface area contributed by atoms with Crippen LogP contribution in [0.5, 0.6) is 0 Å². The van der Waals surface area contributed by atoms with E-state index in [1.54, 1.807) is 4.90 Å². The number of nitrogens with zero attached hydrogens (tertiary/aromatic N) is 1. The highest BCUT2D eigenvalue weighted by molar-refractivity contribution is 5.96. The Morgan fingerprint density at radius 3 is 2.52 bits per heavy atom. The summed E-state index contributed by atoms with van der Waals surface area (Å²) in [5.41, 5.74) is 8.27. The third-order valence-electron chi connectivity index (χ3n) is 4.09. The lowest BCUT2D eigenvalue weighted by molar-refractivity contribution is -0.119. The quantitative estimate of drug-likeness (QED) is 0.910. The maximum absolute atomic E-state index is 12.7. The van der Waals surface area contributed by atoms with Gasteiger partial charge in [0.15, 0.2) is 0 Å². The summed E-state index contributed by atoms with van der Waals surface area (Å²) in [5, 5.41) is 2.67. The number of para-hydroxylation sites is 1. The number of fused-ring (bicyclic) bond motifs is 1. The zero-order valence-electron chi connectivity index (χ0n) is 12.7. The van der Waals surface area contributed by atoms with E-state index in [-0.39, 0.29) is 12.3 Å². The second kappa shape index (κ2) is 6.52. The molecule has 0 saturated carbocycles. The molecule has 0 saturated heterocycles. The Labute approximate surface area is 135 Å². The van der Waals surface area contributed by atoms with Crippen LogP contribution in [0.3, 0.4) is 0 Å². The lowest BCUT2D eigenvalue weighted by atomic mass is 10.0. The van der Waals surface area contributed by atoms with E-state index in [2.05, 4.69) is 5.32 Å². The summed E-state index contributed by atoms with van der Waals surface area (Å²) >= 11 is 0. The largest absolute Gasteiger partial charge is 0.352 e. The average molecular weight is 309 g/mol. The Balaban J connectivity index is 1.78. The van der Waals surface area contributed by atoms with E-state index in [0.717, 1.165) is 17.7 Å². The van der Waals surface area contributed by atoms with Gasteiger partial charge in [0.2, 0.25) is 5.91 Å². The van der Waals surface area contributed by atoms with Crippen LogP contribution in [0.2, 0.25) is 0 Å². The number of carbonyl (C=O) groups is 2. The Morgan fingerprint density at radius 1 is 1.09 bits per heavy atom. The molecule has 0 spiro atoms. The molecule has 5 heteroatoms. The number of rotatable bonds is 4. The molecule has 0 bridgehead atoms. The number of nitrogens with one attached hydrogen (secondary N) is 1. The van der Waals surface area contributed by atoms with Gasteiger partial charge in [0.1, 0.15) is 0 Å². The molecule has 0 aromatic heterocycles. The van der Waals surface area contributed by atoms with Crippen LogP contribution in [0, 0.1) is 0 Å². The number of anilines is 1. The van der Waals surface area contributed by atoms with E-state index in [1.807, 2.05) is 54.6 Å². The van der Waals surface area contributed by atoms with Gasteiger partial charge in [0.25, 0.3) is 0 Å². The molecular weight excluding hydrogens is 290 g/mol. The van der Waals surface area contributed by atoms with Crippen molar-refractivity contribution in [2.45, 2.75) is 18.9 Å². The van der Waals surface area contributed by atoms with Gasteiger partial charge < -0.3 is 16.0 Å². The lowest BCUT2D eigenvalue weighted by Gasteiger charge is -2.22. The number of nitrogens with two attached hydrogens (primary N) is 1. The zero-order chi connectivity index (χ0) is 16.2. The lowest BCUT2D eigenvalue weighted by Crippen LogP contribution is -2.38. The molecule has 118 valence electrons. The van der Waals surface area contributed by atoms with Crippen molar-refractivity contribution in [2.24, 2.45) is 5.73 Å². The highest BCUT2D eigenvalue weighted by atomic mass is 16.2. The minimum Gasteiger partial charge on any atom is -0.352 e. The molecule has 1 aliphatic rings. The molecular formula is C18H19N3O2. The second-order valence-corrected chi connectivity index (χ2v) is 5.60. The van der Waals surface area contributed by atoms with Crippen molar-refractivity contribution < 1.29 is 9.59 Å². The van der Waals surface area contributed by atoms with Gasteiger partial charge in [-0.1, -0.05) is 48.5 Å². The van der Waals surface area contributed by atoms with E-state index >= 15 is 0 Å². The summed E-state index contributed by atoms with van der Waals surface area (Å²) in [4.78, 5) is 25.8. The fourth-order valence-electron chi connectivity index (χ4n) is 2.99. The average Bonchev–Trinajstić information content (AvgIpc) is 2.99. The maximum atomic E-state index is 12.7. The van der Waals surface area contributed by atoms with Gasteiger partial charge in [-0.05, 0) is 23.6 Å². The molecule has 3 N–H and O–H groups in total. The van der Waals surface area contributed by atoms with Gasteiger partial charge in [-0.15, -0.1) is 0 Å².